The standard InChI is InChI=1S/C18H28O2S/c1-18(2)9-8-14(10-13-6-4-3-5-7-13)15(11-18)16(12-21)17(19)20/h12-13,21H,3-11H2,1-2H3,(H,19,20)/b16-12+. The van der Waals surface area contributed by atoms with E-state index in [0.29, 0.717) is 5.57 Å². The predicted octanol–water partition coefficient (Wildman–Crippen LogP) is 5.36. The van der Waals surface area contributed by atoms with E-state index in [1.165, 1.54) is 43.1 Å². The van der Waals surface area contributed by atoms with E-state index in [9.17, 15) is 9.90 Å². The maximum absolute atomic E-state index is 11.5. The average molecular weight is 308 g/mol. The number of rotatable bonds is 4. The second kappa shape index (κ2) is 7.04. The monoisotopic (exact) mass is 308 g/mol. The summed E-state index contributed by atoms with van der Waals surface area (Å²) in [5, 5.41) is 11.0. The van der Waals surface area contributed by atoms with Crippen LogP contribution in [0.15, 0.2) is 22.1 Å². The van der Waals surface area contributed by atoms with Gasteiger partial charge in [0.25, 0.3) is 0 Å². The highest BCUT2D eigenvalue weighted by molar-refractivity contribution is 7.83. The molecule has 1 fully saturated rings. The van der Waals surface area contributed by atoms with Crippen LogP contribution in [-0.4, -0.2) is 11.1 Å². The van der Waals surface area contributed by atoms with Crippen molar-refractivity contribution < 1.29 is 9.90 Å². The molecule has 2 nitrogen and oxygen atoms in total. The van der Waals surface area contributed by atoms with Crippen LogP contribution in [0.3, 0.4) is 0 Å². The molecule has 0 aromatic carbocycles. The molecular weight excluding hydrogens is 280 g/mol. The van der Waals surface area contributed by atoms with Crippen molar-refractivity contribution in [3.8, 4) is 0 Å². The van der Waals surface area contributed by atoms with Crippen molar-refractivity contribution in [1.29, 1.82) is 0 Å². The lowest BCUT2D eigenvalue weighted by Crippen LogP contribution is -2.22. The summed E-state index contributed by atoms with van der Waals surface area (Å²) in [7, 11) is 0. The van der Waals surface area contributed by atoms with Crippen molar-refractivity contribution >= 4 is 18.6 Å². The van der Waals surface area contributed by atoms with Crippen molar-refractivity contribution in [1.82, 2.24) is 0 Å². The molecule has 0 atom stereocenters. The van der Waals surface area contributed by atoms with Gasteiger partial charge in [0.15, 0.2) is 0 Å². The van der Waals surface area contributed by atoms with Gasteiger partial charge in [0.05, 0.1) is 5.57 Å². The van der Waals surface area contributed by atoms with Crippen LogP contribution in [-0.2, 0) is 4.79 Å². The summed E-state index contributed by atoms with van der Waals surface area (Å²) < 4.78 is 0. The lowest BCUT2D eigenvalue weighted by molar-refractivity contribution is -0.132. The number of carboxylic acid groups (broad SMARTS) is 1. The minimum Gasteiger partial charge on any atom is -0.478 e. The SMILES string of the molecule is CC1(C)CCC(CC2CCCCC2)=C(/C(=C\S)C(=O)O)C1. The fourth-order valence-corrected chi connectivity index (χ4v) is 4.11. The maximum Gasteiger partial charge on any atom is 0.336 e. The third-order valence-electron chi connectivity index (χ3n) is 5.13. The largest absolute Gasteiger partial charge is 0.478 e. The molecule has 0 saturated heterocycles. The molecule has 0 amide bonds. The van der Waals surface area contributed by atoms with Gasteiger partial charge in [-0.15, -0.1) is 0 Å². The van der Waals surface area contributed by atoms with E-state index in [-0.39, 0.29) is 5.41 Å². The zero-order valence-corrected chi connectivity index (χ0v) is 14.2. The Bertz CT molecular complexity index is 454. The Morgan fingerprint density at radius 2 is 2.00 bits per heavy atom. The van der Waals surface area contributed by atoms with Gasteiger partial charge in [0, 0.05) is 0 Å². The molecule has 3 heteroatoms. The Morgan fingerprint density at radius 1 is 1.33 bits per heavy atom. The molecule has 118 valence electrons. The first kappa shape index (κ1) is 16.7. The fraction of sp³-hybridized carbons (Fsp3) is 0.722. The van der Waals surface area contributed by atoms with Gasteiger partial charge in [0.1, 0.15) is 0 Å². The van der Waals surface area contributed by atoms with Crippen LogP contribution >= 0.6 is 12.6 Å². The summed E-state index contributed by atoms with van der Waals surface area (Å²) in [4.78, 5) is 11.5. The molecular formula is C18H28O2S. The van der Waals surface area contributed by atoms with Crippen LogP contribution in [0.25, 0.3) is 0 Å². The Kier molecular flexibility index (Phi) is 5.59. The molecule has 2 rings (SSSR count). The van der Waals surface area contributed by atoms with Crippen LogP contribution in [0.5, 0.6) is 0 Å². The van der Waals surface area contributed by atoms with Crippen LogP contribution in [0.1, 0.15) is 71.6 Å². The van der Waals surface area contributed by atoms with Gasteiger partial charge in [0.2, 0.25) is 0 Å². The van der Waals surface area contributed by atoms with Gasteiger partial charge in [-0.1, -0.05) is 51.5 Å². The lowest BCUT2D eigenvalue weighted by Gasteiger charge is -2.35. The summed E-state index contributed by atoms with van der Waals surface area (Å²) in [5.41, 5.74) is 3.07. The third kappa shape index (κ3) is 4.38. The summed E-state index contributed by atoms with van der Waals surface area (Å²) in [5.74, 6) is -0.0706. The minimum absolute atomic E-state index is 0.197. The second-order valence-corrected chi connectivity index (χ2v) is 7.74. The van der Waals surface area contributed by atoms with Gasteiger partial charge >= 0.3 is 5.97 Å². The van der Waals surface area contributed by atoms with Crippen molar-refractivity contribution in [3.63, 3.8) is 0 Å². The number of aliphatic carboxylic acids is 1. The molecule has 1 saturated carbocycles. The minimum atomic E-state index is -0.834. The summed E-state index contributed by atoms with van der Waals surface area (Å²) >= 11 is 4.15. The summed E-state index contributed by atoms with van der Waals surface area (Å²) in [6.45, 7) is 4.48. The number of carboxylic acids is 1. The number of hydrogen-bond acceptors (Lipinski definition) is 2. The average Bonchev–Trinajstić information content (AvgIpc) is 2.43. The fourth-order valence-electron chi connectivity index (χ4n) is 3.84. The Hall–Kier alpha value is -0.700. The smallest absolute Gasteiger partial charge is 0.336 e. The highest BCUT2D eigenvalue weighted by Gasteiger charge is 2.31. The molecule has 0 spiro atoms. The number of hydrogen-bond donors (Lipinski definition) is 2. The normalized spacial score (nSPS) is 24.2. The number of carbonyl (C=O) groups is 1. The van der Waals surface area contributed by atoms with Crippen molar-refractivity contribution in [2.75, 3.05) is 0 Å². The predicted molar refractivity (Wildman–Crippen MR) is 90.6 cm³/mol. The van der Waals surface area contributed by atoms with Crippen molar-refractivity contribution in [3.05, 3.63) is 22.1 Å². The van der Waals surface area contributed by atoms with Crippen molar-refractivity contribution in [2.45, 2.75) is 71.6 Å². The Balaban J connectivity index is 2.25. The van der Waals surface area contributed by atoms with E-state index >= 15 is 0 Å². The zero-order chi connectivity index (χ0) is 15.5. The molecule has 0 aromatic rings. The quantitative estimate of drug-likeness (QED) is 0.542. The molecule has 0 heterocycles. The van der Waals surface area contributed by atoms with Gasteiger partial charge < -0.3 is 5.11 Å². The van der Waals surface area contributed by atoms with Gasteiger partial charge in [-0.25, -0.2) is 4.79 Å². The second-order valence-electron chi connectivity index (χ2n) is 7.48. The molecule has 2 aliphatic rings. The molecule has 21 heavy (non-hydrogen) atoms. The third-order valence-corrected chi connectivity index (χ3v) is 5.39. The van der Waals surface area contributed by atoms with Crippen LogP contribution in [0.2, 0.25) is 0 Å². The first-order valence-electron chi connectivity index (χ1n) is 8.22. The van der Waals surface area contributed by atoms with E-state index in [4.69, 9.17) is 0 Å². The first-order chi connectivity index (χ1) is 9.93. The molecule has 2 aliphatic carbocycles. The van der Waals surface area contributed by atoms with Crippen LogP contribution < -0.4 is 0 Å². The van der Waals surface area contributed by atoms with Gasteiger partial charge in [-0.05, 0) is 48.0 Å². The number of allylic oxidation sites excluding steroid dienone is 1. The Morgan fingerprint density at radius 3 is 2.57 bits per heavy atom. The summed E-state index contributed by atoms with van der Waals surface area (Å²) in [6, 6.07) is 0. The molecule has 0 aliphatic heterocycles. The number of thiol groups is 1. The van der Waals surface area contributed by atoms with E-state index in [0.717, 1.165) is 37.2 Å². The van der Waals surface area contributed by atoms with Crippen molar-refractivity contribution in [2.24, 2.45) is 11.3 Å². The zero-order valence-electron chi connectivity index (χ0n) is 13.3. The maximum atomic E-state index is 11.5. The topological polar surface area (TPSA) is 37.3 Å². The highest BCUT2D eigenvalue weighted by Crippen LogP contribution is 2.44. The molecule has 0 bridgehead atoms. The molecule has 1 N–H and O–H groups in total. The van der Waals surface area contributed by atoms with E-state index in [1.807, 2.05) is 0 Å². The highest BCUT2D eigenvalue weighted by atomic mass is 32.1. The molecule has 0 unspecified atom stereocenters. The molecule has 0 radical (unpaired) electrons. The van der Waals surface area contributed by atoms with E-state index in [1.54, 1.807) is 0 Å². The first-order valence-corrected chi connectivity index (χ1v) is 8.73. The molecule has 0 aromatic heterocycles. The van der Waals surface area contributed by atoms with E-state index in [2.05, 4.69) is 26.5 Å². The van der Waals surface area contributed by atoms with E-state index < -0.39 is 5.97 Å². The Labute approximate surface area is 134 Å². The summed E-state index contributed by atoms with van der Waals surface area (Å²) in [6.07, 6.45) is 10.9. The van der Waals surface area contributed by atoms with Gasteiger partial charge in [-0.3, -0.25) is 0 Å². The van der Waals surface area contributed by atoms with Crippen LogP contribution in [0.4, 0.5) is 0 Å². The lowest BCUT2D eigenvalue weighted by atomic mass is 9.70. The van der Waals surface area contributed by atoms with Crippen LogP contribution in [0, 0.1) is 11.3 Å². The van der Waals surface area contributed by atoms with Gasteiger partial charge in [-0.2, -0.15) is 12.6 Å².